The minimum atomic E-state index is -3.76. The Bertz CT molecular complexity index is 435. The Hall–Kier alpha value is -1.17. The second kappa shape index (κ2) is 6.13. The molecule has 0 radical (unpaired) electrons. The van der Waals surface area contributed by atoms with Crippen molar-refractivity contribution >= 4 is 16.0 Å². The van der Waals surface area contributed by atoms with E-state index in [1.54, 1.807) is 0 Å². The molecule has 0 spiro atoms. The summed E-state index contributed by atoms with van der Waals surface area (Å²) in [5.41, 5.74) is 0. The number of carbonyl (C=O) groups is 1. The lowest BCUT2D eigenvalue weighted by atomic mass is 10.3. The number of carboxylic acids is 1. The summed E-state index contributed by atoms with van der Waals surface area (Å²) in [6.45, 7) is 3.44. The minimum Gasteiger partial charge on any atom is -0.480 e. The maximum absolute atomic E-state index is 11.9. The van der Waals surface area contributed by atoms with Gasteiger partial charge >= 0.3 is 5.97 Å². The molecule has 0 aromatic rings. The van der Waals surface area contributed by atoms with Gasteiger partial charge in [-0.1, -0.05) is 0 Å². The first-order chi connectivity index (χ1) is 8.39. The molecule has 1 saturated heterocycles. The van der Waals surface area contributed by atoms with Gasteiger partial charge in [-0.3, -0.25) is 9.69 Å². The molecule has 102 valence electrons. The largest absolute Gasteiger partial charge is 0.480 e. The molecular weight excluding hydrogens is 258 g/mol. The molecule has 18 heavy (non-hydrogen) atoms. The maximum Gasteiger partial charge on any atom is 0.323 e. The van der Waals surface area contributed by atoms with Crippen molar-refractivity contribution < 1.29 is 18.3 Å². The smallest absolute Gasteiger partial charge is 0.323 e. The highest BCUT2D eigenvalue weighted by Gasteiger charge is 2.35. The van der Waals surface area contributed by atoms with Crippen molar-refractivity contribution in [2.75, 3.05) is 32.7 Å². The second-order valence-electron chi connectivity index (χ2n) is 4.17. The van der Waals surface area contributed by atoms with Crippen LogP contribution >= 0.6 is 0 Å². The Kier molecular flexibility index (Phi) is 5.07. The second-order valence-corrected chi connectivity index (χ2v) is 6.43. The zero-order chi connectivity index (χ0) is 13.8. The average Bonchev–Trinajstić information content (AvgIpc) is 2.35. The van der Waals surface area contributed by atoms with E-state index in [4.69, 9.17) is 10.4 Å². The van der Waals surface area contributed by atoms with Crippen LogP contribution in [0.1, 0.15) is 13.3 Å². The van der Waals surface area contributed by atoms with Crippen LogP contribution in [0, 0.1) is 11.3 Å². The Morgan fingerprint density at radius 1 is 1.39 bits per heavy atom. The van der Waals surface area contributed by atoms with Gasteiger partial charge in [-0.2, -0.15) is 9.57 Å². The van der Waals surface area contributed by atoms with Gasteiger partial charge in [0.25, 0.3) is 0 Å². The van der Waals surface area contributed by atoms with Crippen molar-refractivity contribution in [3.8, 4) is 6.07 Å². The zero-order valence-corrected chi connectivity index (χ0v) is 11.1. The van der Waals surface area contributed by atoms with Gasteiger partial charge in [-0.15, -0.1) is 0 Å². The highest BCUT2D eigenvalue weighted by atomic mass is 32.2. The number of carboxylic acid groups (broad SMARTS) is 1. The molecule has 8 heteroatoms. The van der Waals surface area contributed by atoms with E-state index in [9.17, 15) is 13.2 Å². The van der Waals surface area contributed by atoms with Crippen LogP contribution in [-0.4, -0.2) is 66.7 Å². The summed E-state index contributed by atoms with van der Waals surface area (Å²) in [5, 5.41) is 15.8. The molecule has 1 atom stereocenters. The van der Waals surface area contributed by atoms with Gasteiger partial charge in [0.1, 0.15) is 0 Å². The number of nitriles is 1. The summed E-state index contributed by atoms with van der Waals surface area (Å²) in [4.78, 5) is 12.7. The lowest BCUT2D eigenvalue weighted by Crippen LogP contribution is -2.51. The van der Waals surface area contributed by atoms with Crippen LogP contribution < -0.4 is 0 Å². The number of hydrogen-bond acceptors (Lipinski definition) is 5. The maximum atomic E-state index is 11.9. The van der Waals surface area contributed by atoms with Crippen LogP contribution in [0.15, 0.2) is 0 Å². The standard InChI is InChI=1S/C10H17N3O4S/c1-9(10(14)15)18(16,17)13-7-5-12(6-8-13)4-2-3-11/h9H,2,4-8H2,1H3,(H,14,15). The van der Waals surface area contributed by atoms with E-state index in [1.807, 2.05) is 11.0 Å². The van der Waals surface area contributed by atoms with Crippen molar-refractivity contribution in [2.24, 2.45) is 0 Å². The van der Waals surface area contributed by atoms with Crippen LogP contribution in [0.25, 0.3) is 0 Å². The molecule has 0 amide bonds. The molecule has 1 rings (SSSR count). The van der Waals surface area contributed by atoms with Crippen LogP contribution in [0.5, 0.6) is 0 Å². The van der Waals surface area contributed by atoms with E-state index < -0.39 is 21.2 Å². The quantitative estimate of drug-likeness (QED) is 0.713. The first-order valence-electron chi connectivity index (χ1n) is 5.70. The molecule has 7 nitrogen and oxygen atoms in total. The van der Waals surface area contributed by atoms with Crippen LogP contribution in [0.3, 0.4) is 0 Å². The molecule has 1 unspecified atom stereocenters. The van der Waals surface area contributed by atoms with Crippen LogP contribution in [0.2, 0.25) is 0 Å². The van der Waals surface area contributed by atoms with Gasteiger partial charge in [0.15, 0.2) is 5.25 Å². The molecule has 1 aliphatic rings. The topological polar surface area (TPSA) is 102 Å². The number of hydrogen-bond donors (Lipinski definition) is 1. The normalized spacial score (nSPS) is 20.2. The van der Waals surface area contributed by atoms with Crippen molar-refractivity contribution in [3.63, 3.8) is 0 Å². The number of rotatable bonds is 5. The third-order valence-corrected chi connectivity index (χ3v) is 5.21. The molecule has 0 aliphatic carbocycles. The number of nitrogens with zero attached hydrogens (tertiary/aromatic N) is 3. The highest BCUT2D eigenvalue weighted by molar-refractivity contribution is 7.90. The van der Waals surface area contributed by atoms with Gasteiger partial charge in [-0.05, 0) is 6.92 Å². The van der Waals surface area contributed by atoms with Gasteiger partial charge in [0.2, 0.25) is 10.0 Å². The Morgan fingerprint density at radius 3 is 2.39 bits per heavy atom. The van der Waals surface area contributed by atoms with E-state index in [-0.39, 0.29) is 13.1 Å². The highest BCUT2D eigenvalue weighted by Crippen LogP contribution is 2.13. The lowest BCUT2D eigenvalue weighted by molar-refractivity contribution is -0.136. The van der Waals surface area contributed by atoms with E-state index >= 15 is 0 Å². The van der Waals surface area contributed by atoms with Crippen molar-refractivity contribution in [1.82, 2.24) is 9.21 Å². The third kappa shape index (κ3) is 3.41. The Labute approximate surface area is 107 Å². The summed E-state index contributed by atoms with van der Waals surface area (Å²) in [5.74, 6) is -1.33. The van der Waals surface area contributed by atoms with E-state index in [0.717, 1.165) is 0 Å². The molecule has 1 heterocycles. The predicted octanol–water partition coefficient (Wildman–Crippen LogP) is -0.679. The molecule has 0 aromatic heterocycles. The summed E-state index contributed by atoms with van der Waals surface area (Å²) in [6, 6.07) is 2.04. The Balaban J connectivity index is 2.58. The van der Waals surface area contributed by atoms with E-state index in [2.05, 4.69) is 0 Å². The lowest BCUT2D eigenvalue weighted by Gasteiger charge is -2.34. The van der Waals surface area contributed by atoms with Gasteiger partial charge in [-0.25, -0.2) is 8.42 Å². The fourth-order valence-electron chi connectivity index (χ4n) is 1.77. The summed E-state index contributed by atoms with van der Waals surface area (Å²) in [6.07, 6.45) is 0.415. The molecule has 1 aliphatic heterocycles. The molecule has 0 saturated carbocycles. The van der Waals surface area contributed by atoms with Gasteiger partial charge < -0.3 is 5.11 Å². The van der Waals surface area contributed by atoms with E-state index in [0.29, 0.717) is 26.1 Å². The predicted molar refractivity (Wildman–Crippen MR) is 64.3 cm³/mol. The first kappa shape index (κ1) is 14.9. The molecule has 0 bridgehead atoms. The fourth-order valence-corrected chi connectivity index (χ4v) is 3.14. The summed E-state index contributed by atoms with van der Waals surface area (Å²) >= 11 is 0. The molecule has 1 N–H and O–H groups in total. The average molecular weight is 275 g/mol. The number of piperazine rings is 1. The number of sulfonamides is 1. The first-order valence-corrected chi connectivity index (χ1v) is 7.21. The van der Waals surface area contributed by atoms with Crippen molar-refractivity contribution in [1.29, 1.82) is 5.26 Å². The van der Waals surface area contributed by atoms with Crippen molar-refractivity contribution in [3.05, 3.63) is 0 Å². The third-order valence-electron chi connectivity index (χ3n) is 3.03. The van der Waals surface area contributed by atoms with E-state index in [1.165, 1.54) is 11.2 Å². The molecule has 1 fully saturated rings. The van der Waals surface area contributed by atoms with Crippen LogP contribution in [0.4, 0.5) is 0 Å². The van der Waals surface area contributed by atoms with Crippen LogP contribution in [-0.2, 0) is 14.8 Å². The van der Waals surface area contributed by atoms with Crippen molar-refractivity contribution in [2.45, 2.75) is 18.6 Å². The molecular formula is C10H17N3O4S. The summed E-state index contributed by atoms with van der Waals surface area (Å²) in [7, 11) is -3.76. The summed E-state index contributed by atoms with van der Waals surface area (Å²) < 4.78 is 25.1. The van der Waals surface area contributed by atoms with Gasteiger partial charge in [0, 0.05) is 39.1 Å². The molecule has 0 aromatic carbocycles. The zero-order valence-electron chi connectivity index (χ0n) is 10.2. The van der Waals surface area contributed by atoms with Gasteiger partial charge in [0.05, 0.1) is 6.07 Å². The monoisotopic (exact) mass is 275 g/mol. The fraction of sp³-hybridized carbons (Fsp3) is 0.800. The minimum absolute atomic E-state index is 0.283. The SMILES string of the molecule is CC(C(=O)O)S(=O)(=O)N1CCN(CCC#N)CC1. The Morgan fingerprint density at radius 2 is 1.94 bits per heavy atom. The number of aliphatic carboxylic acids is 1.